The van der Waals surface area contributed by atoms with E-state index in [-0.39, 0.29) is 11.0 Å². The van der Waals surface area contributed by atoms with Crippen molar-refractivity contribution in [1.82, 2.24) is 29.6 Å². The molecule has 136 valence electrons. The van der Waals surface area contributed by atoms with Crippen LogP contribution in [0.15, 0.2) is 29.1 Å². The maximum absolute atomic E-state index is 12.1. The Morgan fingerprint density at radius 2 is 1.85 bits per heavy atom. The number of aryl methyl sites for hydroxylation is 1. The third-order valence-electron chi connectivity index (χ3n) is 4.75. The van der Waals surface area contributed by atoms with Gasteiger partial charge < -0.3 is 4.90 Å². The van der Waals surface area contributed by atoms with Crippen LogP contribution in [0.1, 0.15) is 32.3 Å². The number of fused-ring (bicyclic) bond motifs is 1. The fourth-order valence-electron chi connectivity index (χ4n) is 3.15. The molecule has 1 fully saturated rings. The van der Waals surface area contributed by atoms with Gasteiger partial charge in [-0.3, -0.25) is 4.79 Å². The van der Waals surface area contributed by atoms with Crippen LogP contribution in [-0.2, 0) is 12.0 Å². The van der Waals surface area contributed by atoms with Crippen LogP contribution in [0.4, 0.5) is 5.82 Å². The van der Waals surface area contributed by atoms with Gasteiger partial charge in [-0.05, 0) is 25.1 Å². The van der Waals surface area contributed by atoms with E-state index in [9.17, 15) is 4.79 Å². The number of aromatic nitrogens is 6. The second-order valence-corrected chi connectivity index (χ2v) is 7.97. The lowest BCUT2D eigenvalue weighted by Crippen LogP contribution is -2.50. The molecule has 0 atom stereocenters. The minimum absolute atomic E-state index is 0.0453. The van der Waals surface area contributed by atoms with E-state index in [1.807, 2.05) is 25.1 Å². The van der Waals surface area contributed by atoms with Crippen LogP contribution in [0, 0.1) is 12.8 Å². The maximum atomic E-state index is 12.1. The molecule has 1 aliphatic rings. The van der Waals surface area contributed by atoms with Crippen LogP contribution < -0.4 is 10.5 Å². The van der Waals surface area contributed by atoms with Gasteiger partial charge in [-0.15, -0.1) is 15.3 Å². The van der Waals surface area contributed by atoms with E-state index < -0.39 is 0 Å². The van der Waals surface area contributed by atoms with Crippen LogP contribution in [0.3, 0.4) is 0 Å². The van der Waals surface area contributed by atoms with Crippen molar-refractivity contribution in [3.8, 4) is 0 Å². The van der Waals surface area contributed by atoms with Gasteiger partial charge in [-0.2, -0.15) is 9.61 Å². The molecule has 4 heterocycles. The van der Waals surface area contributed by atoms with Gasteiger partial charge in [0.1, 0.15) is 5.82 Å². The summed E-state index contributed by atoms with van der Waals surface area (Å²) >= 11 is 0. The average Bonchev–Trinajstić information content (AvgIpc) is 2.91. The van der Waals surface area contributed by atoms with E-state index in [1.54, 1.807) is 15.3 Å². The van der Waals surface area contributed by atoms with Crippen molar-refractivity contribution < 1.29 is 0 Å². The van der Waals surface area contributed by atoms with Crippen molar-refractivity contribution in [3.05, 3.63) is 46.1 Å². The van der Waals surface area contributed by atoms with Crippen LogP contribution in [0.2, 0.25) is 0 Å². The lowest BCUT2D eigenvalue weighted by Gasteiger charge is -2.40. The average molecular weight is 353 g/mol. The van der Waals surface area contributed by atoms with Gasteiger partial charge in [0.2, 0.25) is 0 Å². The summed E-state index contributed by atoms with van der Waals surface area (Å²) in [5.41, 5.74) is 1.56. The smallest absolute Gasteiger partial charge is 0.266 e. The first-order valence-corrected chi connectivity index (χ1v) is 8.84. The third-order valence-corrected chi connectivity index (χ3v) is 4.75. The van der Waals surface area contributed by atoms with Crippen molar-refractivity contribution in [1.29, 1.82) is 0 Å². The molecule has 0 saturated carbocycles. The van der Waals surface area contributed by atoms with E-state index in [0.29, 0.717) is 12.5 Å². The predicted octanol–water partition coefficient (Wildman–Crippen LogP) is 1.42. The second kappa shape index (κ2) is 5.89. The zero-order valence-corrected chi connectivity index (χ0v) is 15.5. The SMILES string of the molecule is Cc1nnc2ccc(N3CC(Cn4nc(C(C)(C)C)ccc4=O)C3)nn12. The molecule has 0 amide bonds. The quantitative estimate of drug-likeness (QED) is 0.708. The summed E-state index contributed by atoms with van der Waals surface area (Å²) < 4.78 is 3.35. The Morgan fingerprint density at radius 3 is 2.58 bits per heavy atom. The molecule has 0 N–H and O–H groups in total. The standard InChI is InChI=1S/C18H23N7O/c1-12-19-20-15-6-7-16(22-25(12)15)23-9-13(10-23)11-24-17(26)8-5-14(21-24)18(2,3)4/h5-8,13H,9-11H2,1-4H3. The molecule has 8 heteroatoms. The molecule has 26 heavy (non-hydrogen) atoms. The van der Waals surface area contributed by atoms with Crippen LogP contribution in [0.25, 0.3) is 5.65 Å². The fourth-order valence-corrected chi connectivity index (χ4v) is 3.15. The Labute approximate surface area is 151 Å². The molecule has 1 aliphatic heterocycles. The lowest BCUT2D eigenvalue weighted by molar-refractivity contribution is 0.327. The molecule has 0 aromatic carbocycles. The Kier molecular flexibility index (Phi) is 3.78. The van der Waals surface area contributed by atoms with Gasteiger partial charge >= 0.3 is 0 Å². The summed E-state index contributed by atoms with van der Waals surface area (Å²) in [5, 5.41) is 17.2. The van der Waals surface area contributed by atoms with Gasteiger partial charge in [0.15, 0.2) is 11.5 Å². The Morgan fingerprint density at radius 1 is 1.08 bits per heavy atom. The first-order chi connectivity index (χ1) is 12.3. The highest BCUT2D eigenvalue weighted by Crippen LogP contribution is 2.24. The normalized spacial score (nSPS) is 15.5. The first-order valence-electron chi connectivity index (χ1n) is 8.84. The highest BCUT2D eigenvalue weighted by Gasteiger charge is 2.29. The molecule has 8 nitrogen and oxygen atoms in total. The van der Waals surface area contributed by atoms with Crippen LogP contribution in [-0.4, -0.2) is 42.7 Å². The molecular weight excluding hydrogens is 330 g/mol. The molecule has 4 rings (SSSR count). The van der Waals surface area contributed by atoms with Crippen molar-refractivity contribution in [2.75, 3.05) is 18.0 Å². The Balaban J connectivity index is 1.46. The van der Waals surface area contributed by atoms with Crippen molar-refractivity contribution in [3.63, 3.8) is 0 Å². The number of hydrogen-bond donors (Lipinski definition) is 0. The van der Waals surface area contributed by atoms with Crippen LogP contribution >= 0.6 is 0 Å². The summed E-state index contributed by atoms with van der Waals surface area (Å²) in [7, 11) is 0. The lowest BCUT2D eigenvalue weighted by atomic mass is 9.92. The zero-order chi connectivity index (χ0) is 18.5. The van der Waals surface area contributed by atoms with E-state index in [2.05, 4.69) is 46.1 Å². The van der Waals surface area contributed by atoms with Crippen molar-refractivity contribution in [2.45, 2.75) is 39.7 Å². The van der Waals surface area contributed by atoms with Gasteiger partial charge in [0, 0.05) is 30.5 Å². The van der Waals surface area contributed by atoms with E-state index in [4.69, 9.17) is 0 Å². The number of hydrogen-bond acceptors (Lipinski definition) is 6. The third kappa shape index (κ3) is 2.95. The Bertz CT molecular complexity index is 1010. The van der Waals surface area contributed by atoms with Gasteiger partial charge in [0.05, 0.1) is 12.2 Å². The van der Waals surface area contributed by atoms with Crippen molar-refractivity contribution >= 4 is 11.5 Å². The number of nitrogens with zero attached hydrogens (tertiary/aromatic N) is 7. The zero-order valence-electron chi connectivity index (χ0n) is 15.5. The largest absolute Gasteiger partial charge is 0.354 e. The van der Waals surface area contributed by atoms with Crippen molar-refractivity contribution in [2.24, 2.45) is 5.92 Å². The summed E-state index contributed by atoms with van der Waals surface area (Å²) in [6, 6.07) is 7.33. The minimum atomic E-state index is -0.0723. The second-order valence-electron chi connectivity index (χ2n) is 7.97. The summed E-state index contributed by atoms with van der Waals surface area (Å²) in [4.78, 5) is 14.3. The molecule has 0 unspecified atom stereocenters. The Hall–Kier alpha value is -2.77. The molecular formula is C18H23N7O. The van der Waals surface area contributed by atoms with E-state index in [0.717, 1.165) is 36.1 Å². The topological polar surface area (TPSA) is 81.2 Å². The fraction of sp³-hybridized carbons (Fsp3) is 0.500. The molecule has 0 aliphatic carbocycles. The summed E-state index contributed by atoms with van der Waals surface area (Å²) in [6.07, 6.45) is 0. The highest BCUT2D eigenvalue weighted by atomic mass is 16.1. The monoisotopic (exact) mass is 353 g/mol. The van der Waals surface area contributed by atoms with E-state index in [1.165, 1.54) is 0 Å². The molecule has 3 aromatic rings. The molecule has 0 bridgehead atoms. The predicted molar refractivity (Wildman–Crippen MR) is 98.4 cm³/mol. The first kappa shape index (κ1) is 16.7. The summed E-state index contributed by atoms with van der Waals surface area (Å²) in [5.74, 6) is 2.06. The maximum Gasteiger partial charge on any atom is 0.266 e. The van der Waals surface area contributed by atoms with Gasteiger partial charge in [0.25, 0.3) is 5.56 Å². The highest BCUT2D eigenvalue weighted by molar-refractivity contribution is 5.47. The minimum Gasteiger partial charge on any atom is -0.354 e. The number of anilines is 1. The molecule has 3 aromatic heterocycles. The van der Waals surface area contributed by atoms with Gasteiger partial charge in [-0.25, -0.2) is 4.68 Å². The van der Waals surface area contributed by atoms with Gasteiger partial charge in [-0.1, -0.05) is 20.8 Å². The molecule has 0 spiro atoms. The summed E-state index contributed by atoms with van der Waals surface area (Å²) in [6.45, 7) is 10.5. The van der Waals surface area contributed by atoms with Crippen LogP contribution in [0.5, 0.6) is 0 Å². The van der Waals surface area contributed by atoms with E-state index >= 15 is 0 Å². The molecule has 1 saturated heterocycles. The number of rotatable bonds is 3. The molecule has 0 radical (unpaired) electrons.